The Bertz CT molecular complexity index is 427. The van der Waals surface area contributed by atoms with Crippen LogP contribution >= 0.6 is 0 Å². The lowest BCUT2D eigenvalue weighted by Gasteiger charge is -2.05. The summed E-state index contributed by atoms with van der Waals surface area (Å²) in [6.45, 7) is 4.31. The molecule has 0 aliphatic heterocycles. The minimum Gasteiger partial charge on any atom is -0.382 e. The SMILES string of the molecule is CC(C)Cc1c(N)n[nH]c1-c1cnc[nH]1. The van der Waals surface area contributed by atoms with Gasteiger partial charge < -0.3 is 10.7 Å². The van der Waals surface area contributed by atoms with Gasteiger partial charge in [0.05, 0.1) is 23.9 Å². The second kappa shape index (κ2) is 3.76. The molecule has 0 saturated carbocycles. The van der Waals surface area contributed by atoms with Crippen molar-refractivity contribution in [2.45, 2.75) is 20.3 Å². The molecule has 0 atom stereocenters. The van der Waals surface area contributed by atoms with Crippen LogP contribution in [0.25, 0.3) is 11.4 Å². The van der Waals surface area contributed by atoms with Crippen molar-refractivity contribution in [2.24, 2.45) is 5.92 Å². The molecule has 15 heavy (non-hydrogen) atoms. The van der Waals surface area contributed by atoms with Gasteiger partial charge in [-0.25, -0.2) is 4.98 Å². The number of nitrogen functional groups attached to an aromatic ring is 1. The number of aromatic amines is 2. The molecule has 2 rings (SSSR count). The smallest absolute Gasteiger partial charge is 0.149 e. The lowest BCUT2D eigenvalue weighted by Crippen LogP contribution is -1.99. The first kappa shape index (κ1) is 9.76. The number of aromatic nitrogens is 4. The Hall–Kier alpha value is -1.78. The van der Waals surface area contributed by atoms with Gasteiger partial charge >= 0.3 is 0 Å². The molecule has 2 aromatic rings. The number of imidazole rings is 1. The number of nitrogens with two attached hydrogens (primary N) is 1. The Balaban J connectivity index is 2.40. The van der Waals surface area contributed by atoms with E-state index in [2.05, 4.69) is 34.0 Å². The maximum atomic E-state index is 5.82. The van der Waals surface area contributed by atoms with Crippen LogP contribution in [0.1, 0.15) is 19.4 Å². The Morgan fingerprint density at radius 3 is 2.87 bits per heavy atom. The molecule has 4 N–H and O–H groups in total. The monoisotopic (exact) mass is 205 g/mol. The van der Waals surface area contributed by atoms with E-state index in [1.54, 1.807) is 12.5 Å². The van der Waals surface area contributed by atoms with Gasteiger partial charge in [0.15, 0.2) is 0 Å². The zero-order valence-electron chi connectivity index (χ0n) is 8.91. The van der Waals surface area contributed by atoms with Crippen molar-refractivity contribution in [1.82, 2.24) is 20.2 Å². The molecule has 2 aromatic heterocycles. The van der Waals surface area contributed by atoms with Crippen molar-refractivity contribution >= 4 is 5.82 Å². The molecule has 0 aliphatic carbocycles. The van der Waals surface area contributed by atoms with E-state index >= 15 is 0 Å². The third kappa shape index (κ3) is 1.86. The summed E-state index contributed by atoms with van der Waals surface area (Å²) in [5.41, 5.74) is 8.75. The van der Waals surface area contributed by atoms with Crippen LogP contribution in [0.5, 0.6) is 0 Å². The third-order valence-electron chi connectivity index (χ3n) is 2.28. The van der Waals surface area contributed by atoms with Gasteiger partial charge in [-0.3, -0.25) is 5.10 Å². The van der Waals surface area contributed by atoms with Crippen molar-refractivity contribution in [3.05, 3.63) is 18.1 Å². The van der Waals surface area contributed by atoms with Crippen LogP contribution in [0, 0.1) is 5.92 Å². The number of nitrogens with one attached hydrogen (secondary N) is 2. The van der Waals surface area contributed by atoms with Gasteiger partial charge in [-0.05, 0) is 12.3 Å². The summed E-state index contributed by atoms with van der Waals surface area (Å²) in [7, 11) is 0. The highest BCUT2D eigenvalue weighted by molar-refractivity contribution is 5.64. The summed E-state index contributed by atoms with van der Waals surface area (Å²) in [5, 5.41) is 6.97. The van der Waals surface area contributed by atoms with Crippen molar-refractivity contribution in [2.75, 3.05) is 5.73 Å². The summed E-state index contributed by atoms with van der Waals surface area (Å²) in [6.07, 6.45) is 4.32. The molecule has 0 saturated heterocycles. The van der Waals surface area contributed by atoms with E-state index in [1.165, 1.54) is 0 Å². The molecule has 2 heterocycles. The van der Waals surface area contributed by atoms with Crippen molar-refractivity contribution in [3.8, 4) is 11.4 Å². The minimum atomic E-state index is 0.548. The first-order chi connectivity index (χ1) is 7.18. The van der Waals surface area contributed by atoms with Crippen LogP contribution in [0.2, 0.25) is 0 Å². The van der Waals surface area contributed by atoms with E-state index in [0.717, 1.165) is 23.4 Å². The van der Waals surface area contributed by atoms with E-state index in [-0.39, 0.29) is 0 Å². The molecular formula is C10H15N5. The van der Waals surface area contributed by atoms with E-state index in [9.17, 15) is 0 Å². The summed E-state index contributed by atoms with van der Waals surface area (Å²) < 4.78 is 0. The molecule has 5 nitrogen and oxygen atoms in total. The highest BCUT2D eigenvalue weighted by Gasteiger charge is 2.14. The predicted molar refractivity (Wildman–Crippen MR) is 59.1 cm³/mol. The molecule has 0 aromatic carbocycles. The number of anilines is 1. The number of nitrogens with zero attached hydrogens (tertiary/aromatic N) is 2. The van der Waals surface area contributed by atoms with Crippen molar-refractivity contribution in [1.29, 1.82) is 0 Å². The first-order valence-electron chi connectivity index (χ1n) is 5.00. The van der Waals surface area contributed by atoms with E-state index < -0.39 is 0 Å². The molecular weight excluding hydrogens is 190 g/mol. The van der Waals surface area contributed by atoms with Gasteiger partial charge in [0, 0.05) is 5.56 Å². The maximum absolute atomic E-state index is 5.82. The normalized spacial score (nSPS) is 11.1. The Kier molecular flexibility index (Phi) is 2.45. The highest BCUT2D eigenvalue weighted by Crippen LogP contribution is 2.25. The fourth-order valence-electron chi connectivity index (χ4n) is 1.61. The lowest BCUT2D eigenvalue weighted by atomic mass is 10.0. The summed E-state index contributed by atoms with van der Waals surface area (Å²) in [4.78, 5) is 7.03. The largest absolute Gasteiger partial charge is 0.382 e. The number of H-pyrrole nitrogens is 2. The summed E-state index contributed by atoms with van der Waals surface area (Å²) in [5.74, 6) is 1.12. The topological polar surface area (TPSA) is 83.4 Å². The van der Waals surface area contributed by atoms with E-state index in [4.69, 9.17) is 5.73 Å². The zero-order valence-corrected chi connectivity index (χ0v) is 8.91. The third-order valence-corrected chi connectivity index (χ3v) is 2.28. The average Bonchev–Trinajstić information content (AvgIpc) is 2.76. The molecule has 80 valence electrons. The molecule has 0 aliphatic rings. The van der Waals surface area contributed by atoms with Crippen LogP contribution in [0.4, 0.5) is 5.82 Å². The Morgan fingerprint density at radius 2 is 2.27 bits per heavy atom. The van der Waals surface area contributed by atoms with E-state index in [0.29, 0.717) is 11.7 Å². The van der Waals surface area contributed by atoms with Gasteiger partial charge in [0.1, 0.15) is 5.82 Å². The van der Waals surface area contributed by atoms with Crippen LogP contribution in [0.15, 0.2) is 12.5 Å². The van der Waals surface area contributed by atoms with Crippen molar-refractivity contribution in [3.63, 3.8) is 0 Å². The Labute approximate surface area is 88.1 Å². The first-order valence-corrected chi connectivity index (χ1v) is 5.00. The van der Waals surface area contributed by atoms with Crippen LogP contribution in [-0.2, 0) is 6.42 Å². The second-order valence-corrected chi connectivity index (χ2v) is 4.03. The van der Waals surface area contributed by atoms with Gasteiger partial charge in [0.2, 0.25) is 0 Å². The number of rotatable bonds is 3. The predicted octanol–water partition coefficient (Wildman–Crippen LogP) is 1.58. The molecule has 5 heteroatoms. The van der Waals surface area contributed by atoms with Crippen LogP contribution < -0.4 is 5.73 Å². The quantitative estimate of drug-likeness (QED) is 0.711. The highest BCUT2D eigenvalue weighted by atomic mass is 15.2. The molecule has 0 fully saturated rings. The van der Waals surface area contributed by atoms with Crippen LogP contribution in [-0.4, -0.2) is 20.2 Å². The zero-order chi connectivity index (χ0) is 10.8. The van der Waals surface area contributed by atoms with Gasteiger partial charge in [-0.2, -0.15) is 5.10 Å². The molecule has 0 bridgehead atoms. The maximum Gasteiger partial charge on any atom is 0.149 e. The fraction of sp³-hybridized carbons (Fsp3) is 0.400. The van der Waals surface area contributed by atoms with Gasteiger partial charge in [-0.1, -0.05) is 13.8 Å². The Morgan fingerprint density at radius 1 is 1.47 bits per heavy atom. The lowest BCUT2D eigenvalue weighted by molar-refractivity contribution is 0.649. The minimum absolute atomic E-state index is 0.548. The van der Waals surface area contributed by atoms with Gasteiger partial charge in [0.25, 0.3) is 0 Å². The summed E-state index contributed by atoms with van der Waals surface area (Å²) in [6, 6.07) is 0. The fourth-order valence-corrected chi connectivity index (χ4v) is 1.61. The van der Waals surface area contributed by atoms with Crippen molar-refractivity contribution < 1.29 is 0 Å². The molecule has 0 amide bonds. The summed E-state index contributed by atoms with van der Waals surface area (Å²) >= 11 is 0. The molecule has 0 radical (unpaired) electrons. The van der Waals surface area contributed by atoms with Gasteiger partial charge in [-0.15, -0.1) is 0 Å². The average molecular weight is 205 g/mol. The second-order valence-electron chi connectivity index (χ2n) is 4.03. The standard InChI is InChI=1S/C10H15N5/c1-6(2)3-7-9(14-15-10(7)11)8-4-12-5-13-8/h4-6H,3H2,1-2H3,(H,12,13)(H3,11,14,15). The molecule has 0 spiro atoms. The number of hydrogen-bond acceptors (Lipinski definition) is 3. The molecule has 0 unspecified atom stereocenters. The van der Waals surface area contributed by atoms with Crippen LogP contribution in [0.3, 0.4) is 0 Å². The number of hydrogen-bond donors (Lipinski definition) is 3. The van der Waals surface area contributed by atoms with E-state index in [1.807, 2.05) is 0 Å².